The quantitative estimate of drug-likeness (QED) is 0.451. The lowest BCUT2D eigenvalue weighted by Crippen LogP contribution is -2.24. The molecular weight excluding hydrogens is 418 g/mol. The third kappa shape index (κ3) is 3.05. The molecule has 0 aliphatic heterocycles. The molecular formula is C24H19N7O2. The van der Waals surface area contributed by atoms with E-state index < -0.39 is 0 Å². The average Bonchev–Trinajstić information content (AvgIpc) is 3.41. The van der Waals surface area contributed by atoms with Gasteiger partial charge in [-0.1, -0.05) is 24.3 Å². The number of nitrogens with zero attached hydrogens (tertiary/aromatic N) is 6. The van der Waals surface area contributed by atoms with Crippen LogP contribution < -0.4 is 10.3 Å². The van der Waals surface area contributed by atoms with Crippen LogP contribution in [-0.4, -0.2) is 34.5 Å². The Morgan fingerprint density at radius 3 is 2.79 bits per heavy atom. The zero-order valence-electron chi connectivity index (χ0n) is 18.0. The van der Waals surface area contributed by atoms with Gasteiger partial charge in [-0.05, 0) is 30.2 Å². The van der Waals surface area contributed by atoms with Crippen molar-refractivity contribution in [2.24, 2.45) is 7.05 Å². The molecule has 9 nitrogen and oxygen atoms in total. The van der Waals surface area contributed by atoms with Crippen LogP contribution in [0.4, 0.5) is 0 Å². The van der Waals surface area contributed by atoms with Gasteiger partial charge in [-0.3, -0.25) is 9.89 Å². The van der Waals surface area contributed by atoms with Crippen molar-refractivity contribution >= 4 is 32.8 Å². The van der Waals surface area contributed by atoms with Gasteiger partial charge in [0.1, 0.15) is 23.0 Å². The Kier molecular flexibility index (Phi) is 4.22. The van der Waals surface area contributed by atoms with E-state index in [0.29, 0.717) is 34.7 Å². The summed E-state index contributed by atoms with van der Waals surface area (Å²) in [6, 6.07) is 13.7. The van der Waals surface area contributed by atoms with Crippen LogP contribution in [0.3, 0.4) is 0 Å². The second-order valence-electron chi connectivity index (χ2n) is 7.95. The molecule has 0 radical (unpaired) electrons. The summed E-state index contributed by atoms with van der Waals surface area (Å²) in [6.45, 7) is 2.46. The number of nitrogens with one attached hydrogen (secondary N) is 1. The number of hydrogen-bond donors (Lipinski definition) is 1. The number of fused-ring (bicyclic) bond motifs is 4. The standard InChI is InChI=1S/C24H19N7O2/c1-14-5-3-4-6-15(14)12-31-24(32)21-18(11-28-31)17-8-7-16(9-20(17)30(21)2)33-23-19-10-27-29-22(19)25-13-26-23/h3-11,13H,12H2,1-2H3,(H,25,26,27,29). The highest BCUT2D eigenvalue weighted by Crippen LogP contribution is 2.32. The maximum Gasteiger partial charge on any atom is 0.291 e. The number of aromatic amines is 1. The summed E-state index contributed by atoms with van der Waals surface area (Å²) in [5, 5.41) is 13.7. The number of aromatic nitrogens is 7. The van der Waals surface area contributed by atoms with Crippen molar-refractivity contribution in [1.82, 2.24) is 34.5 Å². The molecule has 4 aromatic heterocycles. The third-order valence-electron chi connectivity index (χ3n) is 5.98. The van der Waals surface area contributed by atoms with E-state index in [4.69, 9.17) is 4.74 Å². The maximum absolute atomic E-state index is 13.3. The number of H-pyrrole nitrogens is 1. The minimum atomic E-state index is -0.132. The number of hydrogen-bond acceptors (Lipinski definition) is 6. The van der Waals surface area contributed by atoms with Gasteiger partial charge in [-0.25, -0.2) is 14.6 Å². The Bertz CT molecular complexity index is 1730. The highest BCUT2D eigenvalue weighted by Gasteiger charge is 2.16. The fourth-order valence-corrected chi connectivity index (χ4v) is 4.20. The predicted molar refractivity (Wildman–Crippen MR) is 125 cm³/mol. The third-order valence-corrected chi connectivity index (χ3v) is 5.98. The van der Waals surface area contributed by atoms with Gasteiger partial charge in [0.2, 0.25) is 5.88 Å². The highest BCUT2D eigenvalue weighted by atomic mass is 16.5. The first-order valence-electron chi connectivity index (χ1n) is 10.4. The Labute approximate surface area is 187 Å². The van der Waals surface area contributed by atoms with E-state index in [1.165, 1.54) is 11.0 Å². The van der Waals surface area contributed by atoms with Crippen molar-refractivity contribution in [3.8, 4) is 11.6 Å². The van der Waals surface area contributed by atoms with Gasteiger partial charge in [0.25, 0.3) is 5.56 Å². The molecule has 33 heavy (non-hydrogen) atoms. The van der Waals surface area contributed by atoms with Gasteiger partial charge in [-0.2, -0.15) is 10.2 Å². The van der Waals surface area contributed by atoms with Crippen molar-refractivity contribution in [3.63, 3.8) is 0 Å². The zero-order chi connectivity index (χ0) is 22.5. The fourth-order valence-electron chi connectivity index (χ4n) is 4.20. The molecule has 0 atom stereocenters. The summed E-state index contributed by atoms with van der Waals surface area (Å²) in [5.74, 6) is 1.01. The van der Waals surface area contributed by atoms with Crippen LogP contribution in [0, 0.1) is 6.92 Å². The lowest BCUT2D eigenvalue weighted by molar-refractivity contribution is 0.468. The summed E-state index contributed by atoms with van der Waals surface area (Å²) < 4.78 is 9.44. The van der Waals surface area contributed by atoms with Crippen LogP contribution in [0.1, 0.15) is 11.1 Å². The summed E-state index contributed by atoms with van der Waals surface area (Å²) >= 11 is 0. The predicted octanol–water partition coefficient (Wildman–Crippen LogP) is 3.70. The zero-order valence-corrected chi connectivity index (χ0v) is 18.0. The number of benzene rings is 2. The molecule has 6 rings (SSSR count). The molecule has 0 aliphatic rings. The van der Waals surface area contributed by atoms with Crippen molar-refractivity contribution < 1.29 is 4.74 Å². The lowest BCUT2D eigenvalue weighted by Gasteiger charge is -2.08. The monoisotopic (exact) mass is 437 g/mol. The summed E-state index contributed by atoms with van der Waals surface area (Å²) in [5.41, 5.74) is 4.13. The van der Waals surface area contributed by atoms with E-state index in [0.717, 1.165) is 27.4 Å². The smallest absolute Gasteiger partial charge is 0.291 e. The molecule has 0 saturated heterocycles. The van der Waals surface area contributed by atoms with Crippen LogP contribution in [0.15, 0.2) is 66.0 Å². The summed E-state index contributed by atoms with van der Waals surface area (Å²) in [6.07, 6.45) is 4.81. The van der Waals surface area contributed by atoms with Crippen LogP contribution in [0.2, 0.25) is 0 Å². The van der Waals surface area contributed by atoms with E-state index in [2.05, 4.69) is 25.3 Å². The van der Waals surface area contributed by atoms with Gasteiger partial charge in [0.05, 0.1) is 24.5 Å². The molecule has 1 N–H and O–H groups in total. The Hall–Kier alpha value is -4.53. The number of aryl methyl sites for hydroxylation is 2. The normalized spacial score (nSPS) is 11.6. The van der Waals surface area contributed by atoms with Crippen molar-refractivity contribution in [1.29, 1.82) is 0 Å². The molecule has 0 amide bonds. The van der Waals surface area contributed by atoms with E-state index in [1.54, 1.807) is 12.4 Å². The fraction of sp³-hybridized carbons (Fsp3) is 0.125. The molecule has 4 heterocycles. The second-order valence-corrected chi connectivity index (χ2v) is 7.95. The minimum Gasteiger partial charge on any atom is -0.438 e. The molecule has 2 aromatic carbocycles. The SMILES string of the molecule is Cc1ccccc1Cn1ncc2c3ccc(Oc4ncnc5[nH]ncc45)cc3n(C)c2c1=O. The average molecular weight is 437 g/mol. The second kappa shape index (κ2) is 7.27. The molecule has 6 aromatic rings. The van der Waals surface area contributed by atoms with Crippen LogP contribution in [0.5, 0.6) is 11.6 Å². The maximum atomic E-state index is 13.3. The van der Waals surface area contributed by atoms with Gasteiger partial charge < -0.3 is 9.30 Å². The van der Waals surface area contributed by atoms with Crippen LogP contribution in [-0.2, 0) is 13.6 Å². The van der Waals surface area contributed by atoms with E-state index in [9.17, 15) is 4.79 Å². The molecule has 0 aliphatic carbocycles. The molecule has 0 bridgehead atoms. The van der Waals surface area contributed by atoms with Crippen molar-refractivity contribution in [2.45, 2.75) is 13.5 Å². The minimum absolute atomic E-state index is 0.132. The van der Waals surface area contributed by atoms with Crippen LogP contribution in [0.25, 0.3) is 32.8 Å². The van der Waals surface area contributed by atoms with E-state index >= 15 is 0 Å². The Morgan fingerprint density at radius 1 is 1.03 bits per heavy atom. The Morgan fingerprint density at radius 2 is 1.91 bits per heavy atom. The topological polar surface area (TPSA) is 104 Å². The molecule has 0 spiro atoms. The first kappa shape index (κ1) is 19.2. The van der Waals surface area contributed by atoms with Gasteiger partial charge >= 0.3 is 0 Å². The molecule has 162 valence electrons. The molecule has 9 heteroatoms. The van der Waals surface area contributed by atoms with E-state index in [-0.39, 0.29) is 5.56 Å². The number of rotatable bonds is 4. The first-order chi connectivity index (χ1) is 16.1. The molecule has 0 fully saturated rings. The van der Waals surface area contributed by atoms with Crippen LogP contribution >= 0.6 is 0 Å². The van der Waals surface area contributed by atoms with E-state index in [1.807, 2.05) is 61.0 Å². The summed E-state index contributed by atoms with van der Waals surface area (Å²) in [7, 11) is 1.88. The van der Waals surface area contributed by atoms with Gasteiger partial charge in [0, 0.05) is 23.9 Å². The van der Waals surface area contributed by atoms with Crippen molar-refractivity contribution in [3.05, 3.63) is 82.7 Å². The highest BCUT2D eigenvalue weighted by molar-refractivity contribution is 6.07. The molecule has 0 saturated carbocycles. The largest absolute Gasteiger partial charge is 0.438 e. The summed E-state index contributed by atoms with van der Waals surface area (Å²) in [4.78, 5) is 21.7. The lowest BCUT2D eigenvalue weighted by atomic mass is 10.1. The first-order valence-corrected chi connectivity index (χ1v) is 10.4. The van der Waals surface area contributed by atoms with Gasteiger partial charge in [-0.15, -0.1) is 0 Å². The Balaban J connectivity index is 1.44. The molecule has 0 unspecified atom stereocenters. The van der Waals surface area contributed by atoms with Gasteiger partial charge in [0.15, 0.2) is 5.65 Å². The van der Waals surface area contributed by atoms with Crippen molar-refractivity contribution in [2.75, 3.05) is 0 Å². The number of ether oxygens (including phenoxy) is 1.